The van der Waals surface area contributed by atoms with Crippen molar-refractivity contribution in [3.8, 4) is 34.6 Å². The van der Waals surface area contributed by atoms with Crippen molar-refractivity contribution in [1.29, 1.82) is 0 Å². The van der Waals surface area contributed by atoms with Gasteiger partial charge >= 0.3 is 0 Å². The van der Waals surface area contributed by atoms with Crippen LogP contribution in [-0.2, 0) is 0 Å². The molecule has 5 rings (SSSR count). The molecule has 10 heteroatoms. The fourth-order valence-electron chi connectivity index (χ4n) is 4.96. The minimum absolute atomic E-state index is 0.00575. The summed E-state index contributed by atoms with van der Waals surface area (Å²) < 4.78 is 26.6. The molecule has 0 aliphatic carbocycles. The summed E-state index contributed by atoms with van der Waals surface area (Å²) in [5.41, 5.74) is 0.355. The third-order valence-electron chi connectivity index (χ3n) is 6.84. The van der Waals surface area contributed by atoms with Crippen molar-refractivity contribution in [3.63, 3.8) is 0 Å². The first-order chi connectivity index (χ1) is 18.8. The van der Waals surface area contributed by atoms with Crippen LogP contribution >= 0.6 is 0 Å². The van der Waals surface area contributed by atoms with Crippen LogP contribution in [0.15, 0.2) is 65.5 Å². The maximum Gasteiger partial charge on any atom is 0.275 e. The molecule has 1 aliphatic heterocycles. The number of pyridine rings is 1. The highest BCUT2D eigenvalue weighted by atomic mass is 19.1. The molecule has 1 atom stereocenters. The Kier molecular flexibility index (Phi) is 7.02. The van der Waals surface area contributed by atoms with Gasteiger partial charge in [0, 0.05) is 24.7 Å². The van der Waals surface area contributed by atoms with Gasteiger partial charge in [-0.2, -0.15) is 4.98 Å². The van der Waals surface area contributed by atoms with Crippen LogP contribution in [0.2, 0.25) is 0 Å². The second-order valence-corrected chi connectivity index (χ2v) is 9.21. The third kappa shape index (κ3) is 4.69. The number of halogens is 1. The zero-order valence-corrected chi connectivity index (χ0v) is 21.7. The van der Waals surface area contributed by atoms with Crippen molar-refractivity contribution in [1.82, 2.24) is 19.4 Å². The second kappa shape index (κ2) is 10.6. The molecule has 200 valence electrons. The van der Waals surface area contributed by atoms with Crippen molar-refractivity contribution < 1.29 is 23.8 Å². The van der Waals surface area contributed by atoms with E-state index >= 15 is 0 Å². The van der Waals surface area contributed by atoms with Crippen LogP contribution in [0.1, 0.15) is 34.0 Å². The van der Waals surface area contributed by atoms with E-state index in [1.165, 1.54) is 29.8 Å². The van der Waals surface area contributed by atoms with Gasteiger partial charge in [-0.15, -0.1) is 0 Å². The zero-order chi connectivity index (χ0) is 27.7. The van der Waals surface area contributed by atoms with Crippen molar-refractivity contribution in [3.05, 3.63) is 93.7 Å². The molecule has 1 unspecified atom stereocenters. The molecule has 1 aliphatic rings. The van der Waals surface area contributed by atoms with E-state index in [2.05, 4.69) is 9.97 Å². The van der Waals surface area contributed by atoms with Gasteiger partial charge in [0.05, 0.1) is 14.2 Å². The predicted molar refractivity (Wildman–Crippen MR) is 142 cm³/mol. The lowest BCUT2D eigenvalue weighted by Gasteiger charge is -2.21. The fraction of sp³-hybridized carbons (Fsp3) is 0.241. The van der Waals surface area contributed by atoms with E-state index in [0.29, 0.717) is 23.4 Å². The van der Waals surface area contributed by atoms with Crippen molar-refractivity contribution in [2.45, 2.75) is 19.3 Å². The van der Waals surface area contributed by atoms with Gasteiger partial charge in [-0.05, 0) is 49.2 Å². The number of aromatic nitrogens is 3. The number of ether oxygens (including phenoxy) is 2. The maximum atomic E-state index is 14.4. The molecular weight excluding hydrogens is 503 g/mol. The number of para-hydroxylation sites is 1. The molecule has 0 radical (unpaired) electrons. The van der Waals surface area contributed by atoms with Crippen molar-refractivity contribution >= 4 is 5.91 Å². The molecule has 2 aromatic carbocycles. The van der Waals surface area contributed by atoms with Crippen LogP contribution in [0.4, 0.5) is 4.39 Å². The molecule has 2 aromatic heterocycles. The van der Waals surface area contributed by atoms with Crippen LogP contribution < -0.4 is 15.0 Å². The van der Waals surface area contributed by atoms with E-state index in [9.17, 15) is 19.1 Å². The van der Waals surface area contributed by atoms with Crippen LogP contribution in [-0.4, -0.2) is 57.8 Å². The topological polar surface area (TPSA) is 107 Å². The minimum Gasteiger partial charge on any atom is -0.494 e. The number of carbonyl (C=O) groups excluding carboxylic acids is 1. The van der Waals surface area contributed by atoms with Gasteiger partial charge in [0.1, 0.15) is 28.7 Å². The fourth-order valence-corrected chi connectivity index (χ4v) is 4.96. The second-order valence-electron chi connectivity index (χ2n) is 9.21. The number of methoxy groups -OCH3 is 2. The summed E-state index contributed by atoms with van der Waals surface area (Å²) >= 11 is 0. The molecule has 1 fully saturated rings. The molecular formula is C29H27FN4O5. The molecule has 0 bridgehead atoms. The lowest BCUT2D eigenvalue weighted by molar-refractivity contribution is 0.0784. The predicted octanol–water partition coefficient (Wildman–Crippen LogP) is 4.09. The normalized spacial score (nSPS) is 14.9. The average molecular weight is 531 g/mol. The first-order valence-corrected chi connectivity index (χ1v) is 12.4. The first-order valence-electron chi connectivity index (χ1n) is 12.4. The van der Waals surface area contributed by atoms with Gasteiger partial charge in [-0.25, -0.2) is 9.37 Å². The average Bonchev–Trinajstić information content (AvgIpc) is 3.43. The number of nitrogens with zero attached hydrogens (tertiary/aromatic N) is 4. The Balaban J connectivity index is 1.67. The Labute approximate surface area is 224 Å². The quantitative estimate of drug-likeness (QED) is 0.400. The molecule has 1 N–H and O–H groups in total. The Morgan fingerprint density at radius 3 is 2.36 bits per heavy atom. The highest BCUT2D eigenvalue weighted by Gasteiger charge is 2.34. The molecule has 9 nitrogen and oxygen atoms in total. The lowest BCUT2D eigenvalue weighted by atomic mass is 9.98. The summed E-state index contributed by atoms with van der Waals surface area (Å²) in [5.74, 6) is -1.42. The number of aryl methyl sites for hydroxylation is 1. The minimum atomic E-state index is -0.817. The number of hydrogen-bond acceptors (Lipinski definition) is 7. The molecule has 1 saturated heterocycles. The summed E-state index contributed by atoms with van der Waals surface area (Å²) in [7, 11) is 2.89. The number of benzene rings is 2. The van der Waals surface area contributed by atoms with E-state index in [1.807, 2.05) is 0 Å². The lowest BCUT2D eigenvalue weighted by Crippen LogP contribution is -2.36. The Morgan fingerprint density at radius 1 is 1.00 bits per heavy atom. The van der Waals surface area contributed by atoms with Gasteiger partial charge in [0.15, 0.2) is 11.4 Å². The maximum absolute atomic E-state index is 14.4. The standard InChI is InChI=1S/C29H27FN4O5/c1-17-8-6-11-21(31-17)26-32-27(35)24(29(37)34(26)25-22(38-2)12-7-13-23(25)39-3)28(36)33-15-14-18(16-33)19-9-4-5-10-20(19)30/h4-13,18,35H,14-16H2,1-3H3. The highest BCUT2D eigenvalue weighted by molar-refractivity contribution is 5.96. The first kappa shape index (κ1) is 25.9. The highest BCUT2D eigenvalue weighted by Crippen LogP contribution is 2.35. The number of rotatable bonds is 6. The largest absolute Gasteiger partial charge is 0.494 e. The van der Waals surface area contributed by atoms with Crippen LogP contribution in [0.25, 0.3) is 17.2 Å². The monoisotopic (exact) mass is 530 g/mol. The Hall–Kier alpha value is -4.73. The van der Waals surface area contributed by atoms with Gasteiger partial charge in [0.25, 0.3) is 11.5 Å². The molecule has 3 heterocycles. The Morgan fingerprint density at radius 2 is 1.69 bits per heavy atom. The van der Waals surface area contributed by atoms with Crippen LogP contribution in [0, 0.1) is 12.7 Å². The third-order valence-corrected chi connectivity index (χ3v) is 6.84. The Bertz CT molecular complexity index is 1600. The summed E-state index contributed by atoms with van der Waals surface area (Å²) in [6, 6.07) is 16.6. The van der Waals surface area contributed by atoms with E-state index in [-0.39, 0.29) is 47.8 Å². The number of hydrogen-bond donors (Lipinski definition) is 1. The van der Waals surface area contributed by atoms with Gasteiger partial charge < -0.3 is 19.5 Å². The van der Waals surface area contributed by atoms with E-state index in [4.69, 9.17) is 9.47 Å². The van der Waals surface area contributed by atoms with Crippen molar-refractivity contribution in [2.24, 2.45) is 0 Å². The molecule has 1 amide bonds. The van der Waals surface area contributed by atoms with E-state index < -0.39 is 22.9 Å². The summed E-state index contributed by atoms with van der Waals surface area (Å²) in [5, 5.41) is 11.0. The van der Waals surface area contributed by atoms with Crippen LogP contribution in [0.3, 0.4) is 0 Å². The summed E-state index contributed by atoms with van der Waals surface area (Å²) in [6.07, 6.45) is 0.515. The van der Waals surface area contributed by atoms with E-state index in [1.54, 1.807) is 61.5 Å². The van der Waals surface area contributed by atoms with Gasteiger partial charge in [-0.3, -0.25) is 14.2 Å². The number of aromatic hydroxyl groups is 1. The zero-order valence-electron chi connectivity index (χ0n) is 21.7. The van der Waals surface area contributed by atoms with Gasteiger partial charge in [-0.1, -0.05) is 30.3 Å². The van der Waals surface area contributed by atoms with Gasteiger partial charge in [0.2, 0.25) is 5.88 Å². The smallest absolute Gasteiger partial charge is 0.275 e. The van der Waals surface area contributed by atoms with E-state index in [0.717, 1.165) is 0 Å². The number of carbonyl (C=O) groups is 1. The molecule has 4 aromatic rings. The number of amides is 1. The summed E-state index contributed by atoms with van der Waals surface area (Å²) in [6.45, 7) is 2.26. The summed E-state index contributed by atoms with van der Waals surface area (Å²) in [4.78, 5) is 38.0. The molecule has 39 heavy (non-hydrogen) atoms. The molecule has 0 saturated carbocycles. The molecule has 0 spiro atoms. The number of likely N-dealkylation sites (tertiary alicyclic amines) is 1. The van der Waals surface area contributed by atoms with Crippen LogP contribution in [0.5, 0.6) is 17.4 Å². The van der Waals surface area contributed by atoms with Crippen molar-refractivity contribution in [2.75, 3.05) is 27.3 Å². The SMILES string of the molecule is COc1cccc(OC)c1-n1c(-c2cccc(C)n2)nc(O)c(C(=O)N2CCC(c3ccccc3F)C2)c1=O.